The molecule has 2 aromatic carbocycles. The van der Waals surface area contributed by atoms with Gasteiger partial charge in [0.05, 0.1) is 0 Å². The number of amides is 1. The molecule has 1 N–H and O–H groups in total. The lowest BCUT2D eigenvalue weighted by atomic mass is 10.1. The molecule has 3 nitrogen and oxygen atoms in total. The summed E-state index contributed by atoms with van der Waals surface area (Å²) in [5, 5.41) is 2.22. The molecule has 0 unspecified atom stereocenters. The fraction of sp³-hybridized carbons (Fsp3) is 0.235. The lowest BCUT2D eigenvalue weighted by molar-refractivity contribution is -0.122. The Morgan fingerprint density at radius 1 is 1.14 bits per heavy atom. The largest absolute Gasteiger partial charge is 0.481 e. The number of nitrogens with one attached hydrogen (secondary N) is 1. The van der Waals surface area contributed by atoms with E-state index in [-0.39, 0.29) is 0 Å². The van der Waals surface area contributed by atoms with Gasteiger partial charge in [-0.15, -0.1) is 0 Å². The fourth-order valence-electron chi connectivity index (χ4n) is 2.02. The van der Waals surface area contributed by atoms with Crippen LogP contribution in [0.25, 0.3) is 0 Å². The van der Waals surface area contributed by atoms with Crippen LogP contribution in [0.1, 0.15) is 18.1 Å². The number of halogens is 2. The summed E-state index contributed by atoms with van der Waals surface area (Å²) in [5.41, 5.74) is 1.50. The fourth-order valence-corrected chi connectivity index (χ4v) is 2.02. The van der Waals surface area contributed by atoms with Gasteiger partial charge in [0.1, 0.15) is 23.1 Å². The van der Waals surface area contributed by atoms with Gasteiger partial charge in [-0.05, 0) is 44.5 Å². The van der Waals surface area contributed by atoms with Gasteiger partial charge >= 0.3 is 0 Å². The number of anilines is 1. The molecule has 0 heterocycles. The summed E-state index contributed by atoms with van der Waals surface area (Å²) in [7, 11) is 0. The van der Waals surface area contributed by atoms with E-state index < -0.39 is 29.3 Å². The first-order valence-electron chi connectivity index (χ1n) is 6.87. The summed E-state index contributed by atoms with van der Waals surface area (Å²) >= 11 is 0. The van der Waals surface area contributed by atoms with E-state index in [1.165, 1.54) is 13.0 Å². The molecular weight excluding hydrogens is 288 g/mol. The molecule has 0 aliphatic heterocycles. The maximum atomic E-state index is 13.5. The second kappa shape index (κ2) is 6.56. The molecule has 116 valence electrons. The maximum absolute atomic E-state index is 13.5. The number of ether oxygens (including phenoxy) is 1. The number of carbonyl (C=O) groups excluding carboxylic acids is 1. The van der Waals surface area contributed by atoms with Crippen molar-refractivity contribution in [3.63, 3.8) is 0 Å². The molecule has 2 rings (SSSR count). The molecule has 0 saturated carbocycles. The summed E-state index contributed by atoms with van der Waals surface area (Å²) < 4.78 is 32.6. The van der Waals surface area contributed by atoms with Gasteiger partial charge in [-0.25, -0.2) is 8.78 Å². The first kappa shape index (κ1) is 15.9. The van der Waals surface area contributed by atoms with Crippen molar-refractivity contribution in [1.29, 1.82) is 0 Å². The third-order valence-corrected chi connectivity index (χ3v) is 3.21. The van der Waals surface area contributed by atoms with Crippen molar-refractivity contribution in [2.24, 2.45) is 0 Å². The van der Waals surface area contributed by atoms with E-state index >= 15 is 0 Å². The second-order valence-corrected chi connectivity index (χ2v) is 5.11. The van der Waals surface area contributed by atoms with Crippen LogP contribution in [0.5, 0.6) is 5.75 Å². The molecule has 0 aromatic heterocycles. The molecule has 0 aliphatic rings. The smallest absolute Gasteiger partial charge is 0.265 e. The highest BCUT2D eigenvalue weighted by atomic mass is 19.1. The molecule has 0 aliphatic carbocycles. The lowest BCUT2D eigenvalue weighted by Crippen LogP contribution is -2.31. The van der Waals surface area contributed by atoms with Crippen LogP contribution in [0.2, 0.25) is 0 Å². The Bertz CT molecular complexity index is 681. The van der Waals surface area contributed by atoms with Gasteiger partial charge < -0.3 is 10.1 Å². The van der Waals surface area contributed by atoms with E-state index in [0.717, 1.165) is 23.3 Å². The number of hydrogen-bond donors (Lipinski definition) is 1. The molecule has 0 saturated heterocycles. The highest BCUT2D eigenvalue weighted by molar-refractivity contribution is 5.94. The third kappa shape index (κ3) is 3.61. The van der Waals surface area contributed by atoms with Crippen molar-refractivity contribution >= 4 is 11.6 Å². The first-order chi connectivity index (χ1) is 10.4. The number of para-hydroxylation sites is 1. The predicted molar refractivity (Wildman–Crippen MR) is 81.0 cm³/mol. The highest BCUT2D eigenvalue weighted by Crippen LogP contribution is 2.22. The van der Waals surface area contributed by atoms with Crippen molar-refractivity contribution in [3.8, 4) is 5.75 Å². The van der Waals surface area contributed by atoms with Crippen LogP contribution < -0.4 is 10.1 Å². The van der Waals surface area contributed by atoms with Crippen LogP contribution in [0.15, 0.2) is 36.4 Å². The Labute approximate surface area is 127 Å². The zero-order valence-corrected chi connectivity index (χ0v) is 12.6. The van der Waals surface area contributed by atoms with Gasteiger partial charge in [-0.1, -0.05) is 23.8 Å². The van der Waals surface area contributed by atoms with Crippen molar-refractivity contribution in [3.05, 3.63) is 59.2 Å². The van der Waals surface area contributed by atoms with E-state index in [1.54, 1.807) is 6.07 Å². The normalized spacial score (nSPS) is 11.9. The van der Waals surface area contributed by atoms with Crippen molar-refractivity contribution in [2.45, 2.75) is 26.9 Å². The van der Waals surface area contributed by atoms with Crippen LogP contribution in [0.4, 0.5) is 14.5 Å². The minimum Gasteiger partial charge on any atom is -0.481 e. The summed E-state index contributed by atoms with van der Waals surface area (Å²) in [5.74, 6) is -1.72. The molecule has 2 aromatic rings. The molecule has 0 radical (unpaired) electrons. The van der Waals surface area contributed by atoms with Crippen LogP contribution in [0, 0.1) is 25.5 Å². The minimum absolute atomic E-state index is 0.469. The van der Waals surface area contributed by atoms with E-state index in [1.807, 2.05) is 26.0 Å². The topological polar surface area (TPSA) is 38.3 Å². The van der Waals surface area contributed by atoms with Crippen molar-refractivity contribution < 1.29 is 18.3 Å². The van der Waals surface area contributed by atoms with Gasteiger partial charge in [0, 0.05) is 0 Å². The van der Waals surface area contributed by atoms with Gasteiger partial charge in [0.15, 0.2) is 6.10 Å². The van der Waals surface area contributed by atoms with Crippen LogP contribution in [-0.2, 0) is 4.79 Å². The summed E-state index contributed by atoms with van der Waals surface area (Å²) in [6, 6.07) is 8.94. The molecular formula is C17H17F2NO2. The standard InChI is InChI=1S/C17H17F2NO2/c1-10-7-8-15(11(2)9-10)22-12(3)17(21)20-16-13(18)5-4-6-14(16)19/h4-9,12H,1-3H3,(H,20,21)/t12-/m1/s1. The number of rotatable bonds is 4. The molecule has 1 amide bonds. The minimum atomic E-state index is -0.889. The maximum Gasteiger partial charge on any atom is 0.265 e. The molecule has 22 heavy (non-hydrogen) atoms. The van der Waals surface area contributed by atoms with Gasteiger partial charge in [-0.3, -0.25) is 4.79 Å². The van der Waals surface area contributed by atoms with E-state index in [9.17, 15) is 13.6 Å². The number of benzene rings is 2. The SMILES string of the molecule is Cc1ccc(O[C@H](C)C(=O)Nc2c(F)cccc2F)c(C)c1. The van der Waals surface area contributed by atoms with E-state index in [4.69, 9.17) is 4.74 Å². The molecule has 1 atom stereocenters. The Hall–Kier alpha value is -2.43. The molecule has 5 heteroatoms. The summed E-state index contributed by atoms with van der Waals surface area (Å²) in [6.07, 6.45) is -0.889. The number of carbonyl (C=O) groups is 1. The zero-order chi connectivity index (χ0) is 16.3. The highest BCUT2D eigenvalue weighted by Gasteiger charge is 2.19. The van der Waals surface area contributed by atoms with Crippen molar-refractivity contribution in [1.82, 2.24) is 0 Å². The van der Waals surface area contributed by atoms with E-state index in [2.05, 4.69) is 5.32 Å². The summed E-state index contributed by atoms with van der Waals surface area (Å²) in [6.45, 7) is 5.34. The lowest BCUT2D eigenvalue weighted by Gasteiger charge is -2.17. The number of hydrogen-bond acceptors (Lipinski definition) is 2. The van der Waals surface area contributed by atoms with Gasteiger partial charge in [-0.2, -0.15) is 0 Å². The number of aryl methyl sites for hydroxylation is 2. The molecule has 0 spiro atoms. The Morgan fingerprint density at radius 3 is 2.36 bits per heavy atom. The monoisotopic (exact) mass is 305 g/mol. The third-order valence-electron chi connectivity index (χ3n) is 3.21. The predicted octanol–water partition coefficient (Wildman–Crippen LogP) is 3.99. The molecule has 0 bridgehead atoms. The quantitative estimate of drug-likeness (QED) is 0.927. The zero-order valence-electron chi connectivity index (χ0n) is 12.6. The first-order valence-corrected chi connectivity index (χ1v) is 6.87. The van der Waals surface area contributed by atoms with Gasteiger partial charge in [0.25, 0.3) is 5.91 Å². The molecule has 0 fully saturated rings. The van der Waals surface area contributed by atoms with Gasteiger partial charge in [0.2, 0.25) is 0 Å². The summed E-state index contributed by atoms with van der Waals surface area (Å²) in [4.78, 5) is 12.0. The van der Waals surface area contributed by atoms with Crippen molar-refractivity contribution in [2.75, 3.05) is 5.32 Å². The Balaban J connectivity index is 2.09. The Morgan fingerprint density at radius 2 is 1.77 bits per heavy atom. The average molecular weight is 305 g/mol. The van der Waals surface area contributed by atoms with Crippen LogP contribution >= 0.6 is 0 Å². The van der Waals surface area contributed by atoms with Crippen LogP contribution in [-0.4, -0.2) is 12.0 Å². The Kier molecular flexibility index (Phi) is 4.75. The average Bonchev–Trinajstić information content (AvgIpc) is 2.45. The van der Waals surface area contributed by atoms with E-state index in [0.29, 0.717) is 5.75 Å². The van der Waals surface area contributed by atoms with Crippen LogP contribution in [0.3, 0.4) is 0 Å². The second-order valence-electron chi connectivity index (χ2n) is 5.11.